The van der Waals surface area contributed by atoms with Gasteiger partial charge in [0, 0.05) is 16.4 Å². The molecule has 0 heterocycles. The monoisotopic (exact) mass is 270 g/mol. The predicted molar refractivity (Wildman–Crippen MR) is 74.9 cm³/mol. The molecule has 0 saturated heterocycles. The average molecular weight is 270 g/mol. The third kappa shape index (κ3) is 1.43. The van der Waals surface area contributed by atoms with Gasteiger partial charge < -0.3 is 0 Å². The maximum Gasteiger partial charge on any atom is 0.269 e. The van der Waals surface area contributed by atoms with Gasteiger partial charge in [-0.2, -0.15) is 0 Å². The summed E-state index contributed by atoms with van der Waals surface area (Å²) in [6.45, 7) is 5.54. The van der Waals surface area contributed by atoms with Crippen LogP contribution >= 0.6 is 0 Å². The van der Waals surface area contributed by atoms with E-state index in [4.69, 9.17) is 0 Å². The molecule has 0 radical (unpaired) electrons. The second-order valence-corrected chi connectivity index (χ2v) is 6.73. The van der Waals surface area contributed by atoms with E-state index >= 15 is 0 Å². The van der Waals surface area contributed by atoms with Crippen LogP contribution in [0.5, 0.6) is 0 Å². The van der Waals surface area contributed by atoms with Gasteiger partial charge >= 0.3 is 0 Å². The maximum absolute atomic E-state index is 12.3. The summed E-state index contributed by atoms with van der Waals surface area (Å²) in [6, 6.07) is 0. The molecule has 104 valence electrons. The largest absolute Gasteiger partial charge is 0.290 e. The van der Waals surface area contributed by atoms with Crippen molar-refractivity contribution in [1.82, 2.24) is 0 Å². The summed E-state index contributed by atoms with van der Waals surface area (Å²) in [5.41, 5.74) is 0.245. The number of allylic oxidation sites excluding steroid dienone is 6. The fourth-order valence-corrected chi connectivity index (χ4v) is 3.66. The van der Waals surface area contributed by atoms with Gasteiger partial charge in [0.05, 0.1) is 0 Å². The molecule has 0 amide bonds. The van der Waals surface area contributed by atoms with Crippen molar-refractivity contribution in [3.63, 3.8) is 0 Å². The Balaban J connectivity index is 2.22. The van der Waals surface area contributed by atoms with Crippen LogP contribution in [0.15, 0.2) is 35.5 Å². The molecule has 0 aromatic heterocycles. The summed E-state index contributed by atoms with van der Waals surface area (Å²) >= 11 is 0. The molecule has 3 rings (SSSR count). The molecule has 0 aromatic carbocycles. The molecule has 1 saturated carbocycles. The number of fused-ring (bicyclic) bond motifs is 2. The van der Waals surface area contributed by atoms with E-state index in [-0.39, 0.29) is 0 Å². The first-order valence-corrected chi connectivity index (χ1v) is 7.01. The van der Waals surface area contributed by atoms with Gasteiger partial charge in [-0.1, -0.05) is 45.1 Å². The molecule has 0 spiro atoms. The van der Waals surface area contributed by atoms with E-state index in [2.05, 4.69) is 6.08 Å². The van der Waals surface area contributed by atoms with Crippen molar-refractivity contribution in [1.29, 1.82) is 0 Å². The van der Waals surface area contributed by atoms with Crippen LogP contribution in [0.1, 0.15) is 33.6 Å². The van der Waals surface area contributed by atoms with Crippen molar-refractivity contribution < 1.29 is 14.4 Å². The average Bonchev–Trinajstić information content (AvgIpc) is 2.42. The number of hydrogen-bond donors (Lipinski definition) is 0. The highest BCUT2D eigenvalue weighted by Crippen LogP contribution is 2.57. The van der Waals surface area contributed by atoms with Crippen LogP contribution in [-0.2, 0) is 14.4 Å². The van der Waals surface area contributed by atoms with Crippen LogP contribution in [0.3, 0.4) is 0 Å². The molecular formula is C17H18O3. The van der Waals surface area contributed by atoms with Gasteiger partial charge in [-0.05, 0) is 24.3 Å². The van der Waals surface area contributed by atoms with Crippen molar-refractivity contribution in [2.45, 2.75) is 33.6 Å². The summed E-state index contributed by atoms with van der Waals surface area (Å²) in [5.74, 6) is -1.67. The lowest BCUT2D eigenvalue weighted by atomic mass is 9.50. The van der Waals surface area contributed by atoms with E-state index in [1.165, 1.54) is 0 Å². The first-order chi connectivity index (χ1) is 9.29. The topological polar surface area (TPSA) is 51.2 Å². The molecule has 0 aromatic rings. The third-order valence-corrected chi connectivity index (χ3v) is 5.48. The van der Waals surface area contributed by atoms with Crippen molar-refractivity contribution >= 4 is 17.3 Å². The molecule has 2 atom stereocenters. The molecule has 20 heavy (non-hydrogen) atoms. The standard InChI is InChI=1S/C17H18O3/c1-16(2)15(20)14(19)13(18)12-8-10-6-4-5-7-11(10)9-17(12,16)3/h4-6,8,11H,7,9H2,1-3H3. The van der Waals surface area contributed by atoms with Gasteiger partial charge in [0.25, 0.3) is 5.78 Å². The molecule has 3 nitrogen and oxygen atoms in total. The van der Waals surface area contributed by atoms with Gasteiger partial charge in [-0.25, -0.2) is 0 Å². The Morgan fingerprint density at radius 2 is 1.80 bits per heavy atom. The van der Waals surface area contributed by atoms with E-state index in [0.29, 0.717) is 11.5 Å². The Morgan fingerprint density at radius 3 is 2.50 bits per heavy atom. The van der Waals surface area contributed by atoms with E-state index in [9.17, 15) is 14.4 Å². The smallest absolute Gasteiger partial charge is 0.269 e. The molecule has 1 fully saturated rings. The third-order valence-electron chi connectivity index (χ3n) is 5.48. The molecule has 3 aliphatic carbocycles. The van der Waals surface area contributed by atoms with Crippen LogP contribution in [0.4, 0.5) is 0 Å². The molecule has 2 unspecified atom stereocenters. The number of ketones is 3. The second-order valence-electron chi connectivity index (χ2n) is 6.73. The highest BCUT2D eigenvalue weighted by atomic mass is 16.2. The Bertz CT molecular complexity index is 631. The van der Waals surface area contributed by atoms with Crippen molar-refractivity contribution in [2.75, 3.05) is 0 Å². The lowest BCUT2D eigenvalue weighted by Gasteiger charge is -2.51. The molecule has 3 heteroatoms. The minimum atomic E-state index is -0.857. The Labute approximate surface area is 118 Å². The van der Waals surface area contributed by atoms with Crippen molar-refractivity contribution in [2.24, 2.45) is 16.7 Å². The molecule has 0 bridgehead atoms. The summed E-state index contributed by atoms with van der Waals surface area (Å²) < 4.78 is 0. The predicted octanol–water partition coefficient (Wildman–Crippen LogP) is 2.57. The number of rotatable bonds is 0. The van der Waals surface area contributed by atoms with Gasteiger partial charge in [-0.3, -0.25) is 14.4 Å². The quantitative estimate of drug-likeness (QED) is 0.636. The molecule has 3 aliphatic rings. The van der Waals surface area contributed by atoms with Gasteiger partial charge in [0.1, 0.15) is 0 Å². The number of hydrogen-bond acceptors (Lipinski definition) is 3. The van der Waals surface area contributed by atoms with E-state index < -0.39 is 28.2 Å². The van der Waals surface area contributed by atoms with E-state index in [1.807, 2.05) is 25.2 Å². The fourth-order valence-electron chi connectivity index (χ4n) is 3.66. The Kier molecular flexibility index (Phi) is 2.56. The minimum Gasteiger partial charge on any atom is -0.290 e. The first kappa shape index (κ1) is 13.2. The first-order valence-electron chi connectivity index (χ1n) is 7.01. The lowest BCUT2D eigenvalue weighted by molar-refractivity contribution is -0.153. The van der Waals surface area contributed by atoms with Crippen molar-refractivity contribution in [3.8, 4) is 0 Å². The van der Waals surface area contributed by atoms with Gasteiger partial charge in [0.2, 0.25) is 11.6 Å². The number of Topliss-reactive ketones (excluding diaryl/α,β-unsaturated/α-hetero) is 3. The SMILES string of the molecule is CC1(C)C(=O)C(=O)C(=O)C2=CC3=CC=CCC3CC21C. The second kappa shape index (κ2) is 3.87. The highest BCUT2D eigenvalue weighted by Gasteiger charge is 2.60. The fraction of sp³-hybridized carbons (Fsp3) is 0.471. The highest BCUT2D eigenvalue weighted by molar-refractivity contribution is 6.69. The van der Waals surface area contributed by atoms with Crippen LogP contribution in [0.2, 0.25) is 0 Å². The van der Waals surface area contributed by atoms with E-state index in [1.54, 1.807) is 13.8 Å². The van der Waals surface area contributed by atoms with Crippen LogP contribution in [0.25, 0.3) is 0 Å². The molecule has 0 aliphatic heterocycles. The number of carbonyl (C=O) groups excluding carboxylic acids is 3. The zero-order valence-corrected chi connectivity index (χ0v) is 12.0. The van der Waals surface area contributed by atoms with Gasteiger partial charge in [-0.15, -0.1) is 0 Å². The summed E-state index contributed by atoms with van der Waals surface area (Å²) in [7, 11) is 0. The molecular weight excluding hydrogens is 252 g/mol. The number of carbonyl (C=O) groups is 3. The van der Waals surface area contributed by atoms with Crippen LogP contribution in [-0.4, -0.2) is 17.3 Å². The Morgan fingerprint density at radius 1 is 1.10 bits per heavy atom. The minimum absolute atomic E-state index is 0.335. The van der Waals surface area contributed by atoms with Crippen LogP contribution < -0.4 is 0 Å². The molecule has 0 N–H and O–H groups in total. The van der Waals surface area contributed by atoms with E-state index in [0.717, 1.165) is 18.4 Å². The normalized spacial score (nSPS) is 35.1. The summed E-state index contributed by atoms with van der Waals surface area (Å²) in [6.07, 6.45) is 9.62. The maximum atomic E-state index is 12.3. The van der Waals surface area contributed by atoms with Crippen LogP contribution in [0, 0.1) is 16.7 Å². The summed E-state index contributed by atoms with van der Waals surface area (Å²) in [4.78, 5) is 36.4. The van der Waals surface area contributed by atoms with Gasteiger partial charge in [0.15, 0.2) is 0 Å². The van der Waals surface area contributed by atoms with Crippen molar-refractivity contribution in [3.05, 3.63) is 35.5 Å². The zero-order chi connectivity index (χ0) is 14.7. The zero-order valence-electron chi connectivity index (χ0n) is 12.0. The lowest BCUT2D eigenvalue weighted by Crippen LogP contribution is -2.56. The Hall–Kier alpha value is -1.77. The summed E-state index contributed by atoms with van der Waals surface area (Å²) in [5, 5.41) is 0.